The molecule has 17 atom stereocenters. The van der Waals surface area contributed by atoms with Crippen LogP contribution in [0.15, 0.2) is 24.3 Å². The molecule has 548 valence electrons. The van der Waals surface area contributed by atoms with Crippen LogP contribution < -0.4 is 5.32 Å². The van der Waals surface area contributed by atoms with Gasteiger partial charge in [0.05, 0.1) is 38.6 Å². The highest BCUT2D eigenvalue weighted by Gasteiger charge is 2.53. The zero-order chi connectivity index (χ0) is 67.5. The van der Waals surface area contributed by atoms with E-state index in [1.165, 1.54) is 238 Å². The Morgan fingerprint density at radius 2 is 0.688 bits per heavy atom. The van der Waals surface area contributed by atoms with Crippen molar-refractivity contribution in [2.45, 2.75) is 413 Å². The van der Waals surface area contributed by atoms with E-state index in [2.05, 4.69) is 31.3 Å². The molecule has 3 aliphatic rings. The van der Waals surface area contributed by atoms with Crippen molar-refractivity contribution < 1.29 is 89.4 Å². The van der Waals surface area contributed by atoms with Crippen LogP contribution in [-0.2, 0) is 33.2 Å². The summed E-state index contributed by atoms with van der Waals surface area (Å²) >= 11 is 0. The number of hydrogen-bond acceptors (Lipinski definition) is 18. The molecule has 0 aliphatic carbocycles. The summed E-state index contributed by atoms with van der Waals surface area (Å²) in [4.78, 5) is 13.4. The number of aliphatic hydroxyl groups excluding tert-OH is 11. The summed E-state index contributed by atoms with van der Waals surface area (Å²) < 4.78 is 34.4. The van der Waals surface area contributed by atoms with Crippen LogP contribution in [0.1, 0.15) is 309 Å². The Morgan fingerprint density at radius 3 is 1.08 bits per heavy atom. The minimum Gasteiger partial charge on any atom is -0.394 e. The summed E-state index contributed by atoms with van der Waals surface area (Å²) in [6.07, 6.45) is 38.8. The summed E-state index contributed by atoms with van der Waals surface area (Å²) in [5, 5.41) is 121. The molecule has 3 heterocycles. The van der Waals surface area contributed by atoms with E-state index in [0.29, 0.717) is 12.8 Å². The summed E-state index contributed by atoms with van der Waals surface area (Å²) in [7, 11) is 0. The Bertz CT molecular complexity index is 1780. The Labute approximate surface area is 562 Å². The molecule has 0 bridgehead atoms. The van der Waals surface area contributed by atoms with E-state index in [9.17, 15) is 61.0 Å². The molecular weight excluding hydrogens is 1190 g/mol. The zero-order valence-electron chi connectivity index (χ0n) is 58.3. The molecule has 0 spiro atoms. The molecule has 19 heteroatoms. The summed E-state index contributed by atoms with van der Waals surface area (Å²) in [5.41, 5.74) is 0. The first-order chi connectivity index (χ1) is 45.3. The van der Waals surface area contributed by atoms with Crippen LogP contribution in [-0.4, -0.2) is 193 Å². The van der Waals surface area contributed by atoms with Gasteiger partial charge < -0.3 is 89.9 Å². The largest absolute Gasteiger partial charge is 0.394 e. The Kier molecular flexibility index (Phi) is 51.5. The van der Waals surface area contributed by atoms with Gasteiger partial charge in [0.15, 0.2) is 18.9 Å². The molecule has 12 N–H and O–H groups in total. The molecule has 93 heavy (non-hydrogen) atoms. The lowest BCUT2D eigenvalue weighted by Gasteiger charge is -2.48. The van der Waals surface area contributed by atoms with Crippen LogP contribution in [0.4, 0.5) is 0 Å². The maximum absolute atomic E-state index is 13.4. The van der Waals surface area contributed by atoms with Crippen molar-refractivity contribution in [2.24, 2.45) is 0 Å². The average molecular weight is 1330 g/mol. The third-order valence-corrected chi connectivity index (χ3v) is 19.3. The monoisotopic (exact) mass is 1330 g/mol. The van der Waals surface area contributed by atoms with Crippen molar-refractivity contribution in [3.8, 4) is 0 Å². The Morgan fingerprint density at radius 1 is 0.376 bits per heavy atom. The number of amides is 1. The zero-order valence-corrected chi connectivity index (χ0v) is 58.3. The van der Waals surface area contributed by atoms with Gasteiger partial charge in [-0.3, -0.25) is 4.79 Å². The number of hydrogen-bond donors (Lipinski definition) is 12. The molecule has 1 amide bonds. The fraction of sp³-hybridized carbons (Fsp3) is 0.932. The first kappa shape index (κ1) is 85.5. The average Bonchev–Trinajstić information content (AvgIpc) is 0.866. The van der Waals surface area contributed by atoms with E-state index >= 15 is 0 Å². The maximum Gasteiger partial charge on any atom is 0.220 e. The number of ether oxygens (including phenoxy) is 6. The van der Waals surface area contributed by atoms with Crippen molar-refractivity contribution in [3.05, 3.63) is 24.3 Å². The third-order valence-electron chi connectivity index (χ3n) is 19.3. The van der Waals surface area contributed by atoms with Gasteiger partial charge in [0, 0.05) is 6.42 Å². The fourth-order valence-electron chi connectivity index (χ4n) is 13.1. The van der Waals surface area contributed by atoms with Crippen LogP contribution in [0.5, 0.6) is 0 Å². The second kappa shape index (κ2) is 56.1. The van der Waals surface area contributed by atoms with Crippen molar-refractivity contribution >= 4 is 5.91 Å². The van der Waals surface area contributed by atoms with Gasteiger partial charge in [0.25, 0.3) is 0 Å². The van der Waals surface area contributed by atoms with Gasteiger partial charge in [-0.1, -0.05) is 295 Å². The highest BCUT2D eigenvalue weighted by atomic mass is 16.8. The molecule has 0 aromatic rings. The number of aliphatic hydroxyl groups is 11. The SMILES string of the molecule is CCCCCCCCCCCCCCCCCCCCCCCCC/C=C/CC/C=C/C(O)C(COC1OC(CO)C(OC2OC(CO)C(OC3OC(CO)C(O)C(O)C3O)C(O)C2O)C(O)C1O)NC(=O)CCCCCCCCCCCCCCCCCCCCC. The second-order valence-corrected chi connectivity index (χ2v) is 27.5. The van der Waals surface area contributed by atoms with E-state index in [1.807, 2.05) is 6.08 Å². The number of carbonyl (C=O) groups excluding carboxylic acids is 1. The molecule has 3 fully saturated rings. The molecule has 0 radical (unpaired) electrons. The third kappa shape index (κ3) is 37.3. The Balaban J connectivity index is 1.41. The van der Waals surface area contributed by atoms with Crippen LogP contribution in [0.3, 0.4) is 0 Å². The number of unbranched alkanes of at least 4 members (excludes halogenated alkanes) is 42. The number of carbonyl (C=O) groups is 1. The van der Waals surface area contributed by atoms with E-state index in [1.54, 1.807) is 6.08 Å². The molecule has 17 unspecified atom stereocenters. The maximum atomic E-state index is 13.4. The van der Waals surface area contributed by atoms with Crippen molar-refractivity contribution in [1.82, 2.24) is 5.32 Å². The standard InChI is InChI=1S/C74H139NO18/c1-3-5-7-9-11-13-15-17-19-21-23-24-25-26-27-28-29-30-31-32-34-35-37-39-41-43-45-47-49-51-58(79)57(75-62(80)52-50-48-46-44-42-40-38-36-33-22-20-18-16-14-12-10-8-6-4-2)56-88-72-68(86)65(83)70(60(54-77)90-72)93-74-69(87)66(84)71(61(55-78)91-74)92-73-67(85)64(82)63(81)59(53-76)89-73/h41,43,49,51,57-61,63-74,76-79,81-87H,3-40,42,44-48,50,52-56H2,1-2H3,(H,75,80)/b43-41+,51-49+. The molecule has 3 saturated heterocycles. The molecule has 19 nitrogen and oxygen atoms in total. The molecule has 3 aliphatic heterocycles. The second-order valence-electron chi connectivity index (χ2n) is 27.5. The smallest absolute Gasteiger partial charge is 0.220 e. The normalized spacial score (nSPS) is 27.6. The molecule has 0 aromatic heterocycles. The van der Waals surface area contributed by atoms with Gasteiger partial charge in [-0.2, -0.15) is 0 Å². The summed E-state index contributed by atoms with van der Waals surface area (Å²) in [6.45, 7) is 1.77. The lowest BCUT2D eigenvalue weighted by atomic mass is 9.96. The molecule has 0 saturated carbocycles. The van der Waals surface area contributed by atoms with Crippen molar-refractivity contribution in [1.29, 1.82) is 0 Å². The lowest BCUT2D eigenvalue weighted by Crippen LogP contribution is -2.66. The van der Waals surface area contributed by atoms with Gasteiger partial charge in [-0.05, 0) is 32.1 Å². The lowest BCUT2D eigenvalue weighted by molar-refractivity contribution is -0.379. The topological polar surface area (TPSA) is 307 Å². The van der Waals surface area contributed by atoms with Crippen LogP contribution in [0, 0.1) is 0 Å². The fourth-order valence-corrected chi connectivity index (χ4v) is 13.1. The molecule has 3 rings (SSSR count). The van der Waals surface area contributed by atoms with Crippen molar-refractivity contribution in [2.75, 3.05) is 26.4 Å². The van der Waals surface area contributed by atoms with Gasteiger partial charge in [-0.15, -0.1) is 0 Å². The van der Waals surface area contributed by atoms with Gasteiger partial charge in [0.1, 0.15) is 73.2 Å². The first-order valence-corrected chi connectivity index (χ1v) is 38.1. The minimum absolute atomic E-state index is 0.241. The molecular formula is C74H139NO18. The number of allylic oxidation sites excluding steroid dienone is 3. The highest BCUT2D eigenvalue weighted by Crippen LogP contribution is 2.33. The van der Waals surface area contributed by atoms with Crippen LogP contribution >= 0.6 is 0 Å². The van der Waals surface area contributed by atoms with Gasteiger partial charge in [-0.25, -0.2) is 0 Å². The molecule has 0 aromatic carbocycles. The van der Waals surface area contributed by atoms with E-state index in [-0.39, 0.29) is 18.9 Å². The van der Waals surface area contributed by atoms with Gasteiger partial charge >= 0.3 is 0 Å². The van der Waals surface area contributed by atoms with Gasteiger partial charge in [0.2, 0.25) is 5.91 Å². The van der Waals surface area contributed by atoms with E-state index in [0.717, 1.165) is 38.5 Å². The predicted molar refractivity (Wildman–Crippen MR) is 365 cm³/mol. The predicted octanol–water partition coefficient (Wildman–Crippen LogP) is 11.4. The van der Waals surface area contributed by atoms with Crippen LogP contribution in [0.2, 0.25) is 0 Å². The first-order valence-electron chi connectivity index (χ1n) is 38.1. The highest BCUT2D eigenvalue weighted by molar-refractivity contribution is 5.76. The number of nitrogens with one attached hydrogen (secondary N) is 1. The summed E-state index contributed by atoms with van der Waals surface area (Å²) in [6, 6.07) is -0.987. The van der Waals surface area contributed by atoms with E-state index < -0.39 is 124 Å². The van der Waals surface area contributed by atoms with Crippen LogP contribution in [0.25, 0.3) is 0 Å². The Hall–Kier alpha value is -1.73. The quantitative estimate of drug-likeness (QED) is 0.0199. The van der Waals surface area contributed by atoms with E-state index in [4.69, 9.17) is 28.4 Å². The number of rotatable bonds is 60. The minimum atomic E-state index is -1.98. The summed E-state index contributed by atoms with van der Waals surface area (Å²) in [5.74, 6) is -0.279. The van der Waals surface area contributed by atoms with Crippen molar-refractivity contribution in [3.63, 3.8) is 0 Å².